The Bertz CT molecular complexity index is 986. The molecule has 6 heteroatoms. The van der Waals surface area contributed by atoms with Crippen molar-refractivity contribution in [1.29, 1.82) is 0 Å². The molecular weight excluding hydrogens is 367 g/mol. The van der Waals surface area contributed by atoms with Crippen molar-refractivity contribution >= 4 is 5.91 Å². The fourth-order valence-electron chi connectivity index (χ4n) is 3.85. The van der Waals surface area contributed by atoms with Gasteiger partial charge in [-0.3, -0.25) is 4.79 Å². The van der Waals surface area contributed by atoms with Crippen molar-refractivity contribution in [2.24, 2.45) is 5.73 Å². The highest BCUT2D eigenvalue weighted by Gasteiger charge is 2.24. The molecule has 1 amide bonds. The van der Waals surface area contributed by atoms with Crippen LogP contribution in [0.15, 0.2) is 60.8 Å². The van der Waals surface area contributed by atoms with Gasteiger partial charge in [-0.1, -0.05) is 48.5 Å². The lowest BCUT2D eigenvalue weighted by Crippen LogP contribution is -2.41. The van der Waals surface area contributed by atoms with Gasteiger partial charge in [0.05, 0.1) is 6.54 Å². The lowest BCUT2D eigenvalue weighted by Gasteiger charge is -2.29. The normalized spacial score (nSPS) is 14.5. The molecule has 5 nitrogen and oxygen atoms in total. The summed E-state index contributed by atoms with van der Waals surface area (Å²) in [5.41, 5.74) is 9.09. The van der Waals surface area contributed by atoms with Gasteiger partial charge < -0.3 is 15.2 Å². The van der Waals surface area contributed by atoms with Crippen LogP contribution < -0.4 is 5.73 Å². The summed E-state index contributed by atoms with van der Waals surface area (Å²) >= 11 is 0. The van der Waals surface area contributed by atoms with Crippen LogP contribution in [-0.4, -0.2) is 32.9 Å². The van der Waals surface area contributed by atoms with Gasteiger partial charge in [0.15, 0.2) is 0 Å². The fourth-order valence-corrected chi connectivity index (χ4v) is 3.85. The number of nitrogens with zero attached hydrogens (tertiary/aromatic N) is 3. The number of carbonyl (C=O) groups is 1. The van der Waals surface area contributed by atoms with Gasteiger partial charge in [0.25, 0.3) is 0 Å². The van der Waals surface area contributed by atoms with E-state index < -0.39 is 6.04 Å². The molecule has 0 aliphatic carbocycles. The SMILES string of the molecule is N[C@@H](CC(=O)N1CCn2c(Cc3ccccc3)cnc2C1)Cc1ccccc1F. The van der Waals surface area contributed by atoms with E-state index in [0.29, 0.717) is 25.1 Å². The molecule has 1 aliphatic heterocycles. The molecule has 1 atom stereocenters. The zero-order valence-corrected chi connectivity index (χ0v) is 16.3. The number of halogens is 1. The van der Waals surface area contributed by atoms with E-state index in [0.717, 1.165) is 24.5 Å². The molecule has 0 saturated heterocycles. The molecule has 0 saturated carbocycles. The Kier molecular flexibility index (Phi) is 5.71. The Balaban J connectivity index is 1.36. The number of benzene rings is 2. The van der Waals surface area contributed by atoms with E-state index in [-0.39, 0.29) is 18.1 Å². The maximum absolute atomic E-state index is 13.8. The smallest absolute Gasteiger partial charge is 0.224 e. The highest BCUT2D eigenvalue weighted by atomic mass is 19.1. The molecule has 29 heavy (non-hydrogen) atoms. The second kappa shape index (κ2) is 8.57. The molecule has 0 fully saturated rings. The Morgan fingerprint density at radius 3 is 2.66 bits per heavy atom. The van der Waals surface area contributed by atoms with Crippen LogP contribution in [0.2, 0.25) is 0 Å². The molecule has 1 aliphatic rings. The molecule has 2 N–H and O–H groups in total. The van der Waals surface area contributed by atoms with Crippen LogP contribution >= 0.6 is 0 Å². The van der Waals surface area contributed by atoms with Crippen molar-refractivity contribution in [3.05, 3.63) is 89.3 Å². The molecule has 0 radical (unpaired) electrons. The number of imidazole rings is 1. The summed E-state index contributed by atoms with van der Waals surface area (Å²) in [5.74, 6) is 0.618. The Hall–Kier alpha value is -2.99. The predicted molar refractivity (Wildman–Crippen MR) is 110 cm³/mol. The van der Waals surface area contributed by atoms with Crippen LogP contribution in [0.1, 0.15) is 29.1 Å². The number of rotatable bonds is 6. The molecule has 0 unspecified atom stereocenters. The van der Waals surface area contributed by atoms with E-state index in [1.54, 1.807) is 23.1 Å². The summed E-state index contributed by atoms with van der Waals surface area (Å²) in [7, 11) is 0. The highest BCUT2D eigenvalue weighted by molar-refractivity contribution is 5.77. The first-order valence-electron chi connectivity index (χ1n) is 9.94. The van der Waals surface area contributed by atoms with Gasteiger partial charge in [-0.25, -0.2) is 9.37 Å². The maximum Gasteiger partial charge on any atom is 0.224 e. The zero-order chi connectivity index (χ0) is 20.2. The standard InChI is InChI=1S/C23H25FN4O/c24-21-9-5-4-8-18(21)13-19(25)14-23(29)27-10-11-28-20(15-26-22(28)16-27)12-17-6-2-1-3-7-17/h1-9,15,19H,10-14,16,25H2/t19-/m1/s1. The number of hydrogen-bond donors (Lipinski definition) is 1. The van der Waals surface area contributed by atoms with E-state index in [2.05, 4.69) is 21.7 Å². The van der Waals surface area contributed by atoms with Crippen molar-refractivity contribution in [3.63, 3.8) is 0 Å². The minimum atomic E-state index is -0.408. The number of fused-ring (bicyclic) bond motifs is 1. The van der Waals surface area contributed by atoms with Crippen molar-refractivity contribution in [3.8, 4) is 0 Å². The largest absolute Gasteiger partial charge is 0.333 e. The van der Waals surface area contributed by atoms with Gasteiger partial charge >= 0.3 is 0 Å². The molecular formula is C23H25FN4O. The lowest BCUT2D eigenvalue weighted by atomic mass is 10.0. The summed E-state index contributed by atoms with van der Waals surface area (Å²) in [5, 5.41) is 0. The first-order chi connectivity index (χ1) is 14.1. The third-order valence-electron chi connectivity index (χ3n) is 5.40. The number of aromatic nitrogens is 2. The van der Waals surface area contributed by atoms with E-state index in [1.807, 2.05) is 24.4 Å². The van der Waals surface area contributed by atoms with E-state index >= 15 is 0 Å². The first kappa shape index (κ1) is 19.3. The molecule has 150 valence electrons. The first-order valence-corrected chi connectivity index (χ1v) is 9.94. The van der Waals surface area contributed by atoms with Gasteiger partial charge in [-0.05, 0) is 23.6 Å². The molecule has 4 rings (SSSR count). The number of hydrogen-bond acceptors (Lipinski definition) is 3. The Labute approximate surface area is 170 Å². The quantitative estimate of drug-likeness (QED) is 0.702. The topological polar surface area (TPSA) is 64.2 Å². The van der Waals surface area contributed by atoms with Gasteiger partial charge in [0, 0.05) is 43.9 Å². The minimum Gasteiger partial charge on any atom is -0.333 e. The van der Waals surface area contributed by atoms with Crippen molar-refractivity contribution < 1.29 is 9.18 Å². The monoisotopic (exact) mass is 392 g/mol. The molecule has 0 bridgehead atoms. The Morgan fingerprint density at radius 2 is 1.86 bits per heavy atom. The van der Waals surface area contributed by atoms with Gasteiger partial charge in [0.1, 0.15) is 11.6 Å². The summed E-state index contributed by atoms with van der Waals surface area (Å²) in [6.07, 6.45) is 3.28. The van der Waals surface area contributed by atoms with Crippen LogP contribution in [0.25, 0.3) is 0 Å². The van der Waals surface area contributed by atoms with E-state index in [1.165, 1.54) is 11.6 Å². The van der Waals surface area contributed by atoms with Gasteiger partial charge in [0.2, 0.25) is 5.91 Å². The maximum atomic E-state index is 13.8. The van der Waals surface area contributed by atoms with Gasteiger partial charge in [-0.15, -0.1) is 0 Å². The second-order valence-electron chi connectivity index (χ2n) is 7.55. The second-order valence-corrected chi connectivity index (χ2v) is 7.55. The van der Waals surface area contributed by atoms with Crippen LogP contribution in [0.5, 0.6) is 0 Å². The third kappa shape index (κ3) is 4.54. The molecule has 0 spiro atoms. The predicted octanol–water partition coefficient (Wildman–Crippen LogP) is 2.92. The number of carbonyl (C=O) groups excluding carboxylic acids is 1. The average Bonchev–Trinajstić information content (AvgIpc) is 3.12. The molecule has 2 heterocycles. The van der Waals surface area contributed by atoms with Crippen LogP contribution in [0.4, 0.5) is 4.39 Å². The fraction of sp³-hybridized carbons (Fsp3) is 0.304. The highest BCUT2D eigenvalue weighted by Crippen LogP contribution is 2.18. The van der Waals surface area contributed by atoms with Crippen LogP contribution in [-0.2, 0) is 30.7 Å². The van der Waals surface area contributed by atoms with Crippen LogP contribution in [0, 0.1) is 5.82 Å². The zero-order valence-electron chi connectivity index (χ0n) is 16.3. The number of nitrogens with two attached hydrogens (primary N) is 1. The van der Waals surface area contributed by atoms with Gasteiger partial charge in [-0.2, -0.15) is 0 Å². The average molecular weight is 392 g/mol. The third-order valence-corrected chi connectivity index (χ3v) is 5.40. The van der Waals surface area contributed by atoms with Crippen LogP contribution in [0.3, 0.4) is 0 Å². The van der Waals surface area contributed by atoms with Crippen molar-refractivity contribution in [2.45, 2.75) is 38.4 Å². The summed E-state index contributed by atoms with van der Waals surface area (Å²) in [4.78, 5) is 19.0. The van der Waals surface area contributed by atoms with Crippen molar-refractivity contribution in [1.82, 2.24) is 14.5 Å². The molecule has 2 aromatic carbocycles. The molecule has 1 aromatic heterocycles. The molecule has 3 aromatic rings. The summed E-state index contributed by atoms with van der Waals surface area (Å²) in [6.45, 7) is 1.85. The lowest BCUT2D eigenvalue weighted by molar-refractivity contribution is -0.133. The minimum absolute atomic E-state index is 0.00676. The van der Waals surface area contributed by atoms with E-state index in [4.69, 9.17) is 5.73 Å². The number of amides is 1. The summed E-state index contributed by atoms with van der Waals surface area (Å²) < 4.78 is 16.0. The van der Waals surface area contributed by atoms with Crippen molar-refractivity contribution in [2.75, 3.05) is 6.54 Å². The summed E-state index contributed by atoms with van der Waals surface area (Å²) in [6, 6.07) is 16.5. The van der Waals surface area contributed by atoms with E-state index in [9.17, 15) is 9.18 Å². The Morgan fingerprint density at radius 1 is 1.10 bits per heavy atom.